The second-order valence-corrected chi connectivity index (χ2v) is 9.93. The van der Waals surface area contributed by atoms with Gasteiger partial charge in [-0.25, -0.2) is 0 Å². The highest BCUT2D eigenvalue weighted by Gasteiger charge is 2.26. The molecule has 35 heavy (non-hydrogen) atoms. The van der Waals surface area contributed by atoms with E-state index in [2.05, 4.69) is 22.3 Å². The summed E-state index contributed by atoms with van der Waals surface area (Å²) < 4.78 is 2.04. The smallest absolute Gasteiger partial charge is 0.223 e. The highest BCUT2D eigenvalue weighted by Crippen LogP contribution is 2.32. The van der Waals surface area contributed by atoms with Gasteiger partial charge in [0.05, 0.1) is 5.25 Å². The lowest BCUT2D eigenvalue weighted by Crippen LogP contribution is -2.25. The first-order valence-corrected chi connectivity index (χ1v) is 12.5. The Bertz CT molecular complexity index is 1370. The molecule has 1 atom stereocenters. The topological polar surface area (TPSA) is 68.1 Å². The number of amides is 1. The SMILES string of the molecule is CC(=O)N1CCc2cc(C(=O)C(C)Sc3nnc(Cc4ccccc4)n3-c3ccccc3)ccc21. The molecule has 4 aromatic rings. The van der Waals surface area contributed by atoms with Gasteiger partial charge in [-0.2, -0.15) is 0 Å². The van der Waals surface area contributed by atoms with Gasteiger partial charge < -0.3 is 4.90 Å². The molecule has 7 heteroatoms. The molecular formula is C28H26N4O2S. The van der Waals surface area contributed by atoms with Gasteiger partial charge in [0.15, 0.2) is 10.9 Å². The first kappa shape index (κ1) is 23.1. The van der Waals surface area contributed by atoms with E-state index in [0.717, 1.165) is 34.7 Å². The van der Waals surface area contributed by atoms with Gasteiger partial charge in [0.1, 0.15) is 5.82 Å². The maximum absolute atomic E-state index is 13.4. The molecule has 0 bridgehead atoms. The number of ketones is 1. The summed E-state index contributed by atoms with van der Waals surface area (Å²) in [4.78, 5) is 27.0. The van der Waals surface area contributed by atoms with Crippen LogP contribution in [0.3, 0.4) is 0 Å². The molecule has 1 aliphatic heterocycles. The van der Waals surface area contributed by atoms with Gasteiger partial charge in [-0.15, -0.1) is 10.2 Å². The van der Waals surface area contributed by atoms with Gasteiger partial charge in [-0.3, -0.25) is 14.2 Å². The molecule has 0 radical (unpaired) electrons. The van der Waals surface area contributed by atoms with Crippen molar-refractivity contribution in [1.82, 2.24) is 14.8 Å². The molecule has 0 saturated heterocycles. The number of thioether (sulfide) groups is 1. The zero-order valence-corrected chi connectivity index (χ0v) is 20.5. The van der Waals surface area contributed by atoms with Gasteiger partial charge in [-0.05, 0) is 54.8 Å². The molecule has 0 N–H and O–H groups in total. The quantitative estimate of drug-likeness (QED) is 0.270. The Morgan fingerprint density at radius 2 is 1.69 bits per heavy atom. The van der Waals surface area contributed by atoms with Gasteiger partial charge in [0, 0.05) is 36.8 Å². The van der Waals surface area contributed by atoms with Crippen molar-refractivity contribution in [2.24, 2.45) is 0 Å². The monoisotopic (exact) mass is 482 g/mol. The van der Waals surface area contributed by atoms with Crippen LogP contribution in [0, 0.1) is 0 Å². The lowest BCUT2D eigenvalue weighted by molar-refractivity contribution is -0.116. The van der Waals surface area contributed by atoms with Crippen molar-refractivity contribution >= 4 is 29.1 Å². The van der Waals surface area contributed by atoms with E-state index in [4.69, 9.17) is 0 Å². The number of para-hydroxylation sites is 1. The van der Waals surface area contributed by atoms with Crippen LogP contribution in [0.4, 0.5) is 5.69 Å². The Hall–Kier alpha value is -3.71. The number of aromatic nitrogens is 3. The zero-order chi connectivity index (χ0) is 24.4. The van der Waals surface area contributed by atoms with Crippen molar-refractivity contribution in [1.29, 1.82) is 0 Å². The molecule has 176 valence electrons. The zero-order valence-electron chi connectivity index (χ0n) is 19.7. The number of rotatable bonds is 7. The second kappa shape index (κ2) is 9.88. The highest BCUT2D eigenvalue weighted by molar-refractivity contribution is 8.00. The number of hydrogen-bond donors (Lipinski definition) is 0. The number of Topliss-reactive ketones (excluding diaryl/α,β-unsaturated/α-hetero) is 1. The van der Waals surface area contributed by atoms with Crippen LogP contribution >= 0.6 is 11.8 Å². The molecular weight excluding hydrogens is 456 g/mol. The summed E-state index contributed by atoms with van der Waals surface area (Å²) in [7, 11) is 0. The minimum Gasteiger partial charge on any atom is -0.312 e. The molecule has 0 spiro atoms. The van der Waals surface area contributed by atoms with Crippen molar-refractivity contribution in [3.8, 4) is 5.69 Å². The van der Waals surface area contributed by atoms with E-state index >= 15 is 0 Å². The number of fused-ring (bicyclic) bond motifs is 1. The van der Waals surface area contributed by atoms with Crippen LogP contribution < -0.4 is 4.90 Å². The number of carbonyl (C=O) groups excluding carboxylic acids is 2. The van der Waals surface area contributed by atoms with E-state index in [1.54, 1.807) is 11.8 Å². The average Bonchev–Trinajstić information content (AvgIpc) is 3.48. The predicted molar refractivity (Wildman–Crippen MR) is 138 cm³/mol. The molecule has 6 nitrogen and oxygen atoms in total. The summed E-state index contributed by atoms with van der Waals surface area (Å²) >= 11 is 1.41. The summed E-state index contributed by atoms with van der Waals surface area (Å²) in [5.41, 5.74) is 4.72. The van der Waals surface area contributed by atoms with Gasteiger partial charge >= 0.3 is 0 Å². The van der Waals surface area contributed by atoms with Crippen LogP contribution in [0.1, 0.15) is 41.2 Å². The van der Waals surface area contributed by atoms with Crippen molar-refractivity contribution in [3.63, 3.8) is 0 Å². The van der Waals surface area contributed by atoms with Crippen LogP contribution in [0.5, 0.6) is 0 Å². The molecule has 2 heterocycles. The number of benzene rings is 3. The number of hydrogen-bond acceptors (Lipinski definition) is 5. The molecule has 0 fully saturated rings. The largest absolute Gasteiger partial charge is 0.312 e. The molecule has 1 amide bonds. The third-order valence-corrected chi connectivity index (χ3v) is 7.25. The Kier molecular flexibility index (Phi) is 6.51. The summed E-state index contributed by atoms with van der Waals surface area (Å²) in [6.07, 6.45) is 1.41. The molecule has 0 saturated carbocycles. The van der Waals surface area contributed by atoms with Crippen LogP contribution in [0.2, 0.25) is 0 Å². The lowest BCUT2D eigenvalue weighted by atomic mass is 10.0. The predicted octanol–water partition coefficient (Wildman–Crippen LogP) is 5.13. The molecule has 0 aliphatic carbocycles. The standard InChI is InChI=1S/C28H26N4O2S/c1-19(27(34)23-13-14-25-22(18-23)15-16-31(25)20(2)33)35-28-30-29-26(17-21-9-5-3-6-10-21)32(28)24-11-7-4-8-12-24/h3-14,18-19H,15-17H2,1-2H3. The number of anilines is 1. The Balaban J connectivity index is 1.41. The Morgan fingerprint density at radius 3 is 2.40 bits per heavy atom. The highest BCUT2D eigenvalue weighted by atomic mass is 32.2. The van der Waals surface area contributed by atoms with Crippen molar-refractivity contribution in [2.45, 2.75) is 37.1 Å². The summed E-state index contributed by atoms with van der Waals surface area (Å²) in [5.74, 6) is 0.885. The average molecular weight is 483 g/mol. The van der Waals surface area contributed by atoms with Crippen molar-refractivity contribution in [3.05, 3.63) is 101 Å². The number of carbonyl (C=O) groups is 2. The van der Waals surface area contributed by atoms with Crippen LogP contribution in [-0.2, 0) is 17.6 Å². The van der Waals surface area contributed by atoms with Crippen LogP contribution in [0.15, 0.2) is 84.0 Å². The molecule has 5 rings (SSSR count). The minimum absolute atomic E-state index is 0.0262. The summed E-state index contributed by atoms with van der Waals surface area (Å²) in [5, 5.41) is 9.29. The van der Waals surface area contributed by atoms with Crippen LogP contribution in [-0.4, -0.2) is 38.2 Å². The normalized spacial score (nSPS) is 13.5. The fourth-order valence-corrected chi connectivity index (χ4v) is 5.40. The third kappa shape index (κ3) is 4.77. The van der Waals surface area contributed by atoms with Crippen molar-refractivity contribution < 1.29 is 9.59 Å². The first-order valence-electron chi connectivity index (χ1n) is 11.7. The minimum atomic E-state index is -0.352. The number of nitrogens with zero attached hydrogens (tertiary/aromatic N) is 4. The fourth-order valence-electron chi connectivity index (χ4n) is 4.43. The molecule has 1 aliphatic rings. The van der Waals surface area contributed by atoms with E-state index in [9.17, 15) is 9.59 Å². The van der Waals surface area contributed by atoms with E-state index in [1.807, 2.05) is 78.2 Å². The lowest BCUT2D eigenvalue weighted by Gasteiger charge is -2.16. The third-order valence-electron chi connectivity index (χ3n) is 6.21. The maximum Gasteiger partial charge on any atom is 0.223 e. The summed E-state index contributed by atoms with van der Waals surface area (Å²) in [6, 6.07) is 25.8. The summed E-state index contributed by atoms with van der Waals surface area (Å²) in [6.45, 7) is 4.14. The van der Waals surface area contributed by atoms with E-state index in [1.165, 1.54) is 11.8 Å². The molecule has 1 unspecified atom stereocenters. The van der Waals surface area contributed by atoms with Gasteiger partial charge in [0.25, 0.3) is 0 Å². The maximum atomic E-state index is 13.4. The van der Waals surface area contributed by atoms with E-state index in [-0.39, 0.29) is 16.9 Å². The van der Waals surface area contributed by atoms with E-state index < -0.39 is 0 Å². The molecule has 3 aromatic carbocycles. The van der Waals surface area contributed by atoms with Crippen molar-refractivity contribution in [2.75, 3.05) is 11.4 Å². The van der Waals surface area contributed by atoms with E-state index in [0.29, 0.717) is 23.7 Å². The van der Waals surface area contributed by atoms with Gasteiger partial charge in [0.2, 0.25) is 5.91 Å². The van der Waals surface area contributed by atoms with Gasteiger partial charge in [-0.1, -0.05) is 60.3 Å². The van der Waals surface area contributed by atoms with Crippen LogP contribution in [0.25, 0.3) is 5.69 Å². The fraction of sp³-hybridized carbons (Fsp3) is 0.214. The first-order chi connectivity index (χ1) is 17.0. The second-order valence-electron chi connectivity index (χ2n) is 8.62. The molecule has 1 aromatic heterocycles. The Morgan fingerprint density at radius 1 is 0.971 bits per heavy atom. The Labute approximate surface area is 209 Å².